The number of aromatic nitrogens is 2. The van der Waals surface area contributed by atoms with Crippen molar-refractivity contribution in [2.24, 2.45) is 0 Å². The molecule has 1 unspecified atom stereocenters. The molecule has 1 heterocycles. The van der Waals surface area contributed by atoms with Gasteiger partial charge in [-0.15, -0.1) is 11.1 Å². The highest BCUT2D eigenvalue weighted by atomic mass is 31.1. The molecule has 0 spiro atoms. The van der Waals surface area contributed by atoms with E-state index in [1.807, 2.05) is 0 Å². The van der Waals surface area contributed by atoms with Gasteiger partial charge < -0.3 is 4.98 Å². The first-order chi connectivity index (χ1) is 5.83. The van der Waals surface area contributed by atoms with Gasteiger partial charge in [-0.2, -0.15) is 9.51 Å². The molecule has 12 heavy (non-hydrogen) atoms. The van der Waals surface area contributed by atoms with Crippen molar-refractivity contribution in [2.45, 2.75) is 0 Å². The largest absolute Gasteiger partial charge is 0.753 e. The van der Waals surface area contributed by atoms with Gasteiger partial charge in [-0.25, -0.2) is 0 Å². The van der Waals surface area contributed by atoms with Crippen LogP contribution in [0.5, 0.6) is 6.01 Å². The average Bonchev–Trinajstić information content (AvgIpc) is 2.53. The highest BCUT2D eigenvalue weighted by molar-refractivity contribution is 7.33. The van der Waals surface area contributed by atoms with Crippen molar-refractivity contribution in [1.29, 1.82) is 0 Å². The van der Waals surface area contributed by atoms with Crippen LogP contribution in [-0.4, -0.2) is 16.6 Å². The van der Waals surface area contributed by atoms with Gasteiger partial charge in [0.15, 0.2) is 0 Å². The fourth-order valence-electron chi connectivity index (χ4n) is 0.511. The van der Waals surface area contributed by atoms with Gasteiger partial charge in [0.2, 0.25) is 0 Å². The summed E-state index contributed by atoms with van der Waals surface area (Å²) in [7, 11) is -2.15. The molecule has 0 aliphatic heterocycles. The molecule has 1 aromatic heterocycles. The predicted octanol–water partition coefficient (Wildman–Crippen LogP) is 1.65. The molecule has 1 atom stereocenters. The zero-order valence-electron chi connectivity index (χ0n) is 6.27. The highest BCUT2D eigenvalue weighted by Crippen LogP contribution is 2.24. The Kier molecular flexibility index (Phi) is 3.44. The third-order valence-electron chi connectivity index (χ3n) is 0.932. The zero-order valence-corrected chi connectivity index (χ0v) is 7.16. The summed E-state index contributed by atoms with van der Waals surface area (Å²) in [4.78, 5) is 6.32. The van der Waals surface area contributed by atoms with Crippen molar-refractivity contribution in [3.63, 3.8) is 0 Å². The molecule has 0 aromatic carbocycles. The maximum Gasteiger partial charge on any atom is 0.753 e. The topological polar surface area (TPSA) is 64.2 Å². The van der Waals surface area contributed by atoms with Crippen molar-refractivity contribution in [3.8, 4) is 6.01 Å². The number of imidazole rings is 1. The second-order valence-corrected chi connectivity index (χ2v) is 2.68. The van der Waals surface area contributed by atoms with Crippen LogP contribution >= 0.6 is 8.25 Å². The van der Waals surface area contributed by atoms with Crippen molar-refractivity contribution >= 4 is 8.25 Å². The van der Waals surface area contributed by atoms with Crippen LogP contribution in [0.2, 0.25) is 0 Å². The van der Waals surface area contributed by atoms with E-state index in [1.165, 1.54) is 12.3 Å². The molecule has 0 fully saturated rings. The number of hydrogen-bond donors (Lipinski definition) is 1. The first-order valence-corrected chi connectivity index (χ1v) is 4.31. The standard InChI is InChI=1S/C6H8N2O3P/c1-2-5-10-12(9)11-6-7-3-4-8-6/h2-4H,1,5H2,(H,7,8)/q+1. The zero-order chi connectivity index (χ0) is 8.81. The van der Waals surface area contributed by atoms with Gasteiger partial charge in [0.05, 0.1) is 0 Å². The van der Waals surface area contributed by atoms with Gasteiger partial charge in [-0.05, 0) is 0 Å². The van der Waals surface area contributed by atoms with Crippen LogP contribution in [0.15, 0.2) is 25.0 Å². The third kappa shape index (κ3) is 2.82. The van der Waals surface area contributed by atoms with Crippen LogP contribution in [0.3, 0.4) is 0 Å². The molecule has 5 nitrogen and oxygen atoms in total. The smallest absolute Gasteiger partial charge is 0.311 e. The minimum Gasteiger partial charge on any atom is -0.311 e. The van der Waals surface area contributed by atoms with Crippen LogP contribution in [-0.2, 0) is 9.09 Å². The molecule has 1 rings (SSSR count). The summed E-state index contributed by atoms with van der Waals surface area (Å²) in [6, 6.07) is 0.181. The number of aromatic amines is 1. The lowest BCUT2D eigenvalue weighted by molar-refractivity contribution is 0.312. The van der Waals surface area contributed by atoms with Gasteiger partial charge in [-0.3, -0.25) is 0 Å². The molecule has 0 aliphatic carbocycles. The Balaban J connectivity index is 2.32. The average molecular weight is 187 g/mol. The molecule has 64 valence electrons. The summed E-state index contributed by atoms with van der Waals surface area (Å²) in [5.41, 5.74) is 0. The molecule has 1 N–H and O–H groups in total. The molecule has 0 saturated heterocycles. The monoisotopic (exact) mass is 187 g/mol. The van der Waals surface area contributed by atoms with E-state index in [9.17, 15) is 4.57 Å². The van der Waals surface area contributed by atoms with E-state index in [-0.39, 0.29) is 12.6 Å². The van der Waals surface area contributed by atoms with E-state index >= 15 is 0 Å². The maximum absolute atomic E-state index is 10.9. The Hall–Kier alpha value is -1.19. The van der Waals surface area contributed by atoms with Crippen LogP contribution in [0.1, 0.15) is 0 Å². The van der Waals surface area contributed by atoms with Crippen LogP contribution < -0.4 is 4.52 Å². The highest BCUT2D eigenvalue weighted by Gasteiger charge is 2.22. The van der Waals surface area contributed by atoms with Gasteiger partial charge in [-0.1, -0.05) is 6.08 Å². The minimum absolute atomic E-state index is 0.181. The second-order valence-electron chi connectivity index (χ2n) is 1.79. The summed E-state index contributed by atoms with van der Waals surface area (Å²) in [5, 5.41) is 0. The van der Waals surface area contributed by atoms with E-state index < -0.39 is 8.25 Å². The Morgan fingerprint density at radius 2 is 2.67 bits per heavy atom. The van der Waals surface area contributed by atoms with E-state index in [2.05, 4.69) is 21.1 Å². The Morgan fingerprint density at radius 1 is 1.83 bits per heavy atom. The molecule has 0 saturated carbocycles. The Bertz CT molecular complexity index is 260. The number of nitrogens with zero attached hydrogens (tertiary/aromatic N) is 1. The summed E-state index contributed by atoms with van der Waals surface area (Å²) in [6.45, 7) is 3.59. The van der Waals surface area contributed by atoms with Crippen molar-refractivity contribution < 1.29 is 13.6 Å². The maximum atomic E-state index is 10.9. The van der Waals surface area contributed by atoms with Gasteiger partial charge in [0.25, 0.3) is 0 Å². The molecule has 0 amide bonds. The lowest BCUT2D eigenvalue weighted by Crippen LogP contribution is -1.87. The molecule has 1 aromatic rings. The van der Waals surface area contributed by atoms with E-state index in [0.29, 0.717) is 0 Å². The van der Waals surface area contributed by atoms with Gasteiger partial charge in [0, 0.05) is 17.0 Å². The van der Waals surface area contributed by atoms with Crippen molar-refractivity contribution in [2.75, 3.05) is 6.61 Å². The number of H-pyrrole nitrogens is 1. The summed E-state index contributed by atoms with van der Waals surface area (Å²) in [6.07, 6.45) is 4.54. The molecule has 0 radical (unpaired) electrons. The van der Waals surface area contributed by atoms with Gasteiger partial charge in [0.1, 0.15) is 6.61 Å². The molecule has 0 aliphatic rings. The fraction of sp³-hybridized carbons (Fsp3) is 0.167. The predicted molar refractivity (Wildman–Crippen MR) is 43.0 cm³/mol. The second kappa shape index (κ2) is 4.64. The number of nitrogens with one attached hydrogen (secondary N) is 1. The quantitative estimate of drug-likeness (QED) is 0.562. The Morgan fingerprint density at radius 3 is 3.25 bits per heavy atom. The molecule has 6 heteroatoms. The minimum atomic E-state index is -2.15. The van der Waals surface area contributed by atoms with Crippen LogP contribution in [0.25, 0.3) is 0 Å². The van der Waals surface area contributed by atoms with Crippen molar-refractivity contribution in [1.82, 2.24) is 9.97 Å². The first-order valence-electron chi connectivity index (χ1n) is 3.21. The van der Waals surface area contributed by atoms with E-state index in [0.717, 1.165) is 0 Å². The number of rotatable bonds is 5. The van der Waals surface area contributed by atoms with E-state index in [1.54, 1.807) is 6.20 Å². The van der Waals surface area contributed by atoms with Gasteiger partial charge >= 0.3 is 14.3 Å². The van der Waals surface area contributed by atoms with Crippen LogP contribution in [0, 0.1) is 0 Å². The normalized spacial score (nSPS) is 10.8. The summed E-state index contributed by atoms with van der Waals surface area (Å²) >= 11 is 0. The third-order valence-corrected chi connectivity index (χ3v) is 1.61. The molecular weight excluding hydrogens is 179 g/mol. The lowest BCUT2D eigenvalue weighted by Gasteiger charge is -1.83. The fourth-order valence-corrected chi connectivity index (χ4v) is 1.03. The Labute approximate surface area is 70.4 Å². The summed E-state index contributed by atoms with van der Waals surface area (Å²) in [5.74, 6) is 0. The molecular formula is C6H8N2O3P+. The first kappa shape index (κ1) is 8.90. The van der Waals surface area contributed by atoms with E-state index in [4.69, 9.17) is 4.52 Å². The lowest BCUT2D eigenvalue weighted by atomic mass is 10.7. The summed E-state index contributed by atoms with van der Waals surface area (Å²) < 4.78 is 20.3. The molecule has 0 bridgehead atoms. The SMILES string of the molecule is C=CCO[P+](=O)Oc1ncc[nH]1. The number of hydrogen-bond acceptors (Lipinski definition) is 4. The van der Waals surface area contributed by atoms with Crippen molar-refractivity contribution in [3.05, 3.63) is 25.0 Å². The van der Waals surface area contributed by atoms with Crippen LogP contribution in [0.4, 0.5) is 0 Å².